The highest BCUT2D eigenvalue weighted by Crippen LogP contribution is 2.29. The lowest BCUT2D eigenvalue weighted by Gasteiger charge is -2.07. The van der Waals surface area contributed by atoms with Crippen molar-refractivity contribution < 1.29 is 4.79 Å². The molecule has 0 spiro atoms. The number of hydrogen-bond donors (Lipinski definition) is 0. The van der Waals surface area contributed by atoms with Gasteiger partial charge in [0.1, 0.15) is 0 Å². The zero-order valence-electron chi connectivity index (χ0n) is 10.3. The lowest BCUT2D eigenvalue weighted by Crippen LogP contribution is -2.03. The molecule has 4 heteroatoms. The molecule has 0 aliphatic rings. The third-order valence-electron chi connectivity index (χ3n) is 3.09. The molecule has 1 aromatic heterocycles. The van der Waals surface area contributed by atoms with Crippen LogP contribution in [0.1, 0.15) is 15.9 Å². The Kier molecular flexibility index (Phi) is 3.43. The molecule has 0 saturated heterocycles. The molecule has 2 nitrogen and oxygen atoms in total. The monoisotopic (exact) mass is 301 g/mol. The fraction of sp³-hybridized carbons (Fsp3) is 0. The molecule has 0 aliphatic heterocycles. The summed E-state index contributed by atoms with van der Waals surface area (Å²) in [4.78, 5) is 16.9. The highest BCUT2D eigenvalue weighted by Gasteiger charge is 2.16. The van der Waals surface area contributed by atoms with E-state index in [-0.39, 0.29) is 10.8 Å². The molecule has 0 atom stereocenters. The summed E-state index contributed by atoms with van der Waals surface area (Å²) in [6, 6.07) is 14.2. The number of pyridine rings is 1. The Hall–Kier alpha value is -1.90. The van der Waals surface area contributed by atoms with Gasteiger partial charge in [-0.05, 0) is 24.3 Å². The van der Waals surface area contributed by atoms with Crippen molar-refractivity contribution in [2.75, 3.05) is 0 Å². The second-order valence-corrected chi connectivity index (χ2v) is 5.09. The van der Waals surface area contributed by atoms with Gasteiger partial charge in [0.25, 0.3) is 0 Å². The maximum atomic E-state index is 12.7. The van der Waals surface area contributed by atoms with Crippen molar-refractivity contribution in [3.63, 3.8) is 0 Å². The molecule has 0 bridgehead atoms. The molecular formula is C16H9Cl2NO. The van der Waals surface area contributed by atoms with Crippen molar-refractivity contribution in [2.45, 2.75) is 0 Å². The Labute approximate surface area is 126 Å². The number of halogens is 2. The predicted octanol–water partition coefficient (Wildman–Crippen LogP) is 4.77. The van der Waals surface area contributed by atoms with Crippen molar-refractivity contribution in [3.05, 3.63) is 75.9 Å². The largest absolute Gasteiger partial charge is 0.289 e. The number of nitrogens with zero attached hydrogens (tertiary/aromatic N) is 1. The van der Waals surface area contributed by atoms with E-state index >= 15 is 0 Å². The average molecular weight is 302 g/mol. The highest BCUT2D eigenvalue weighted by molar-refractivity contribution is 6.44. The van der Waals surface area contributed by atoms with Gasteiger partial charge in [-0.3, -0.25) is 9.78 Å². The van der Waals surface area contributed by atoms with Gasteiger partial charge in [0.15, 0.2) is 5.78 Å². The Bertz CT molecular complexity index is 809. The average Bonchev–Trinajstić information content (AvgIpc) is 2.49. The Morgan fingerprint density at radius 1 is 0.900 bits per heavy atom. The highest BCUT2D eigenvalue weighted by atomic mass is 35.5. The van der Waals surface area contributed by atoms with Crippen molar-refractivity contribution in [1.29, 1.82) is 0 Å². The van der Waals surface area contributed by atoms with Gasteiger partial charge in [-0.25, -0.2) is 0 Å². The fourth-order valence-corrected chi connectivity index (χ4v) is 2.51. The van der Waals surface area contributed by atoms with Gasteiger partial charge < -0.3 is 0 Å². The summed E-state index contributed by atoms with van der Waals surface area (Å²) in [6.45, 7) is 0. The van der Waals surface area contributed by atoms with Crippen molar-refractivity contribution >= 4 is 39.9 Å². The van der Waals surface area contributed by atoms with E-state index in [1.165, 1.54) is 0 Å². The van der Waals surface area contributed by atoms with Gasteiger partial charge in [0, 0.05) is 22.7 Å². The van der Waals surface area contributed by atoms with Crippen molar-refractivity contribution in [2.24, 2.45) is 0 Å². The topological polar surface area (TPSA) is 30.0 Å². The van der Waals surface area contributed by atoms with Gasteiger partial charge in [-0.1, -0.05) is 47.5 Å². The van der Waals surface area contributed by atoms with Crippen molar-refractivity contribution in [1.82, 2.24) is 4.98 Å². The van der Waals surface area contributed by atoms with E-state index in [1.54, 1.807) is 42.6 Å². The van der Waals surface area contributed by atoms with Crippen LogP contribution in [0.5, 0.6) is 0 Å². The molecule has 0 radical (unpaired) electrons. The Morgan fingerprint density at radius 2 is 1.65 bits per heavy atom. The molecule has 1 heterocycles. The number of ketones is 1. The number of aromatic nitrogens is 1. The predicted molar refractivity (Wildman–Crippen MR) is 81.6 cm³/mol. The second kappa shape index (κ2) is 5.23. The zero-order valence-corrected chi connectivity index (χ0v) is 11.8. The van der Waals surface area contributed by atoms with Gasteiger partial charge >= 0.3 is 0 Å². The molecule has 3 aromatic rings. The molecule has 0 unspecified atom stereocenters. The SMILES string of the molecule is O=C(c1cccc(Cl)c1Cl)c1cccc2ncccc12. The molecule has 2 aromatic carbocycles. The first-order valence-corrected chi connectivity index (χ1v) is 6.76. The Balaban J connectivity index is 2.21. The summed E-state index contributed by atoms with van der Waals surface area (Å²) >= 11 is 12.1. The zero-order chi connectivity index (χ0) is 14.1. The number of carbonyl (C=O) groups excluding carboxylic acids is 1. The van der Waals surface area contributed by atoms with Crippen LogP contribution in [0.2, 0.25) is 10.0 Å². The molecule has 0 saturated carbocycles. The number of carbonyl (C=O) groups is 1. The minimum Gasteiger partial charge on any atom is -0.289 e. The standard InChI is InChI=1S/C16H9Cl2NO/c17-13-7-1-5-12(15(13)18)16(20)11-4-2-8-14-10(11)6-3-9-19-14/h1-9H. The Morgan fingerprint density at radius 3 is 2.50 bits per heavy atom. The van der Waals surface area contributed by atoms with E-state index in [0.29, 0.717) is 16.1 Å². The quantitative estimate of drug-likeness (QED) is 0.638. The van der Waals surface area contributed by atoms with Gasteiger partial charge in [-0.15, -0.1) is 0 Å². The van der Waals surface area contributed by atoms with E-state index in [4.69, 9.17) is 23.2 Å². The molecule has 0 amide bonds. The van der Waals surface area contributed by atoms with Crippen LogP contribution in [0.4, 0.5) is 0 Å². The van der Waals surface area contributed by atoms with E-state index in [9.17, 15) is 4.79 Å². The summed E-state index contributed by atoms with van der Waals surface area (Å²) in [5, 5.41) is 1.45. The summed E-state index contributed by atoms with van der Waals surface area (Å²) in [5.74, 6) is -0.156. The fourth-order valence-electron chi connectivity index (χ4n) is 2.13. The van der Waals surface area contributed by atoms with E-state index in [1.807, 2.05) is 12.1 Å². The minimum absolute atomic E-state index is 0.156. The van der Waals surface area contributed by atoms with Crippen LogP contribution in [0.3, 0.4) is 0 Å². The summed E-state index contributed by atoms with van der Waals surface area (Å²) in [6.07, 6.45) is 1.70. The lowest BCUT2D eigenvalue weighted by atomic mass is 9.99. The van der Waals surface area contributed by atoms with Crippen LogP contribution in [0, 0.1) is 0 Å². The third-order valence-corrected chi connectivity index (χ3v) is 3.91. The first-order valence-electron chi connectivity index (χ1n) is 6.01. The normalized spacial score (nSPS) is 10.7. The van der Waals surface area contributed by atoms with Crippen LogP contribution in [0.25, 0.3) is 10.9 Å². The molecule has 0 fully saturated rings. The van der Waals surface area contributed by atoms with E-state index in [2.05, 4.69) is 4.98 Å². The lowest BCUT2D eigenvalue weighted by molar-refractivity contribution is 0.104. The summed E-state index contributed by atoms with van der Waals surface area (Å²) in [7, 11) is 0. The maximum Gasteiger partial charge on any atom is 0.195 e. The van der Waals surface area contributed by atoms with Gasteiger partial charge in [-0.2, -0.15) is 0 Å². The van der Waals surface area contributed by atoms with Crippen LogP contribution in [-0.2, 0) is 0 Å². The summed E-state index contributed by atoms with van der Waals surface area (Å²) < 4.78 is 0. The minimum atomic E-state index is -0.156. The molecular weight excluding hydrogens is 293 g/mol. The number of fused-ring (bicyclic) bond motifs is 1. The second-order valence-electron chi connectivity index (χ2n) is 4.31. The van der Waals surface area contributed by atoms with Crippen LogP contribution in [0.15, 0.2) is 54.7 Å². The first-order chi connectivity index (χ1) is 9.68. The molecule has 0 N–H and O–H groups in total. The van der Waals surface area contributed by atoms with Crippen LogP contribution in [-0.4, -0.2) is 10.8 Å². The smallest absolute Gasteiger partial charge is 0.195 e. The maximum absolute atomic E-state index is 12.7. The molecule has 0 aliphatic carbocycles. The number of hydrogen-bond acceptors (Lipinski definition) is 2. The van der Waals surface area contributed by atoms with E-state index in [0.717, 1.165) is 10.9 Å². The van der Waals surface area contributed by atoms with Gasteiger partial charge in [0.05, 0.1) is 15.6 Å². The van der Waals surface area contributed by atoms with E-state index < -0.39 is 0 Å². The number of benzene rings is 2. The van der Waals surface area contributed by atoms with Crippen LogP contribution < -0.4 is 0 Å². The summed E-state index contributed by atoms with van der Waals surface area (Å²) in [5.41, 5.74) is 1.74. The third kappa shape index (κ3) is 2.17. The molecule has 3 rings (SSSR count). The van der Waals surface area contributed by atoms with Crippen LogP contribution >= 0.6 is 23.2 Å². The molecule has 20 heavy (non-hydrogen) atoms. The first kappa shape index (κ1) is 13.1. The molecule has 98 valence electrons. The van der Waals surface area contributed by atoms with Gasteiger partial charge in [0.2, 0.25) is 0 Å². The van der Waals surface area contributed by atoms with Crippen molar-refractivity contribution in [3.8, 4) is 0 Å². The number of rotatable bonds is 2.